The summed E-state index contributed by atoms with van der Waals surface area (Å²) in [5.41, 5.74) is 10.7. The highest BCUT2D eigenvalue weighted by Gasteiger charge is 2.49. The number of aromatic hydroxyl groups is 1. The minimum Gasteiger partial charge on any atom is -0.507 e. The number of hydrogen-bond acceptors (Lipinski definition) is 20. The molecule has 1 aromatic carbocycles. The Morgan fingerprint density at radius 3 is 2.00 bits per heavy atom. The van der Waals surface area contributed by atoms with Crippen LogP contribution in [0, 0.1) is 0 Å². The van der Waals surface area contributed by atoms with Gasteiger partial charge in [0.2, 0.25) is 41.4 Å². The SMILES string of the molecule is CC.CC(O)C1NC(=O)C(N)CC(O)C(O)NC(=O)C2C(O)CCN2C(=O)C(C(O)CC(N)=O)NC(=O)C(C(O)C(O)c2ccc(O)c(SS(=O)(=O)O)c2)NC(=O)C2CC(O)CN2C1=O. The zero-order chi connectivity index (χ0) is 49.4. The number of rotatable bonds is 9. The largest absolute Gasteiger partial charge is 0.507 e. The number of aliphatic hydroxyl groups excluding tert-OH is 8. The number of benzene rings is 1. The average molecular weight is 969 g/mol. The number of nitrogens with two attached hydrogens (primary N) is 2. The summed E-state index contributed by atoms with van der Waals surface area (Å²) in [5.74, 6) is -10.1. The first-order chi connectivity index (χ1) is 30.2. The van der Waals surface area contributed by atoms with Gasteiger partial charge in [-0.2, -0.15) is 8.42 Å². The average Bonchev–Trinajstić information content (AvgIpc) is 3.82. The highest BCUT2D eigenvalue weighted by atomic mass is 33.1. The predicted molar refractivity (Wildman–Crippen MR) is 220 cm³/mol. The lowest BCUT2D eigenvalue weighted by Gasteiger charge is -2.34. The van der Waals surface area contributed by atoms with E-state index in [2.05, 4.69) is 10.6 Å². The van der Waals surface area contributed by atoms with E-state index in [0.29, 0.717) is 9.80 Å². The Morgan fingerprint density at radius 1 is 0.831 bits per heavy atom. The van der Waals surface area contributed by atoms with Crippen LogP contribution in [0.2, 0.25) is 0 Å². The van der Waals surface area contributed by atoms with Crippen molar-refractivity contribution >= 4 is 61.3 Å². The summed E-state index contributed by atoms with van der Waals surface area (Å²) in [5, 5.41) is 106. The van der Waals surface area contributed by atoms with Gasteiger partial charge in [0, 0.05) is 36.7 Å². The first-order valence-electron chi connectivity index (χ1n) is 20.0. The zero-order valence-corrected chi connectivity index (χ0v) is 36.7. The van der Waals surface area contributed by atoms with E-state index >= 15 is 0 Å². The third kappa shape index (κ3) is 13.9. The molecule has 0 radical (unpaired) electrons. The second-order valence-electron chi connectivity index (χ2n) is 15.2. The maximum Gasteiger partial charge on any atom is 0.324 e. The Morgan fingerprint density at radius 2 is 1.42 bits per heavy atom. The van der Waals surface area contributed by atoms with Gasteiger partial charge in [-0.15, -0.1) is 0 Å². The summed E-state index contributed by atoms with van der Waals surface area (Å²) in [7, 11) is -5.17. The lowest BCUT2D eigenvalue weighted by Crippen LogP contribution is -2.64. The maximum absolute atomic E-state index is 14.3. The van der Waals surface area contributed by atoms with Crippen molar-refractivity contribution in [2.24, 2.45) is 11.5 Å². The highest BCUT2D eigenvalue weighted by Crippen LogP contribution is 2.35. The molecule has 0 aromatic heterocycles. The molecular formula is C36H56N8O19S2. The second kappa shape index (κ2) is 23.1. The number of phenolic OH excluding ortho intramolecular Hbond substituents is 1. The fourth-order valence-corrected chi connectivity index (χ4v) is 8.84. The molecule has 0 spiro atoms. The molecule has 3 aliphatic heterocycles. The number of aliphatic hydroxyl groups is 8. The quantitative estimate of drug-likeness (QED) is 0.0807. The molecule has 4 rings (SSSR count). The summed E-state index contributed by atoms with van der Waals surface area (Å²) in [6.07, 6.45) is -19.2. The van der Waals surface area contributed by atoms with Gasteiger partial charge >= 0.3 is 9.15 Å². The summed E-state index contributed by atoms with van der Waals surface area (Å²) < 4.78 is 32.4. The second-order valence-corrected chi connectivity index (χ2v) is 18.4. The van der Waals surface area contributed by atoms with E-state index in [1.807, 2.05) is 24.5 Å². The molecular weight excluding hydrogens is 913 g/mol. The summed E-state index contributed by atoms with van der Waals surface area (Å²) >= 11 is 0. The molecule has 29 heteroatoms. The van der Waals surface area contributed by atoms with E-state index in [0.717, 1.165) is 25.1 Å². The third-order valence-electron chi connectivity index (χ3n) is 10.4. The predicted octanol–water partition coefficient (Wildman–Crippen LogP) is -7.77. The maximum atomic E-state index is 14.3. The molecule has 1 aromatic rings. The zero-order valence-electron chi connectivity index (χ0n) is 35.1. The number of amides is 7. The van der Waals surface area contributed by atoms with Crippen LogP contribution in [-0.2, 0) is 42.7 Å². The Bertz CT molecular complexity index is 2030. The first-order valence-corrected chi connectivity index (χ1v) is 22.8. The molecule has 3 heterocycles. The van der Waals surface area contributed by atoms with Crippen LogP contribution in [0.5, 0.6) is 5.75 Å². The van der Waals surface area contributed by atoms with Crippen LogP contribution in [0.15, 0.2) is 23.1 Å². The van der Waals surface area contributed by atoms with Crippen molar-refractivity contribution in [3.63, 3.8) is 0 Å². The Balaban J connectivity index is 0.00000553. The molecule has 3 saturated heterocycles. The number of carbonyl (C=O) groups excluding carboxylic acids is 7. The van der Waals surface area contributed by atoms with E-state index in [9.17, 15) is 92.5 Å². The first kappa shape index (κ1) is 54.5. The number of primary amides is 1. The molecule has 7 amide bonds. The standard InChI is InChI=1S/C34H50N8O19S2.C2H6/c1-11(43)22-33(57)42-10-13(44)7-15(42)29(53)39-24(27(51)26(50)12-2-3-16(45)20(6-12)62-63(59,60)61)31(55)38-23(18(47)9-21(36)49)34(58)41-5-4-17(46)25(41)32(56)40-30(54)19(48)8-14(35)28(52)37-22;1-2/h2-3,6,11,13-15,17-19,22-27,30,43-48,50-51,54H,4-5,7-10,35H2,1H3,(H2,36,49)(H,37,52)(H,38,55)(H,39,53)(H,40,56)(H,59,60,61);1-2H3. The van der Waals surface area contributed by atoms with Gasteiger partial charge in [-0.1, -0.05) is 19.9 Å². The van der Waals surface area contributed by atoms with Gasteiger partial charge in [-0.05, 0) is 31.0 Å². The summed E-state index contributed by atoms with van der Waals surface area (Å²) in [6.45, 7) is 3.94. The Hall–Kier alpha value is -4.79. The number of hydrogen-bond donors (Lipinski definition) is 16. The number of fused-ring (bicyclic) bond motifs is 2. The van der Waals surface area contributed by atoms with Crippen LogP contribution in [0.25, 0.3) is 0 Å². The third-order valence-corrected chi connectivity index (χ3v) is 12.3. The molecule has 14 atom stereocenters. The van der Waals surface area contributed by atoms with Crippen molar-refractivity contribution < 1.29 is 92.5 Å². The van der Waals surface area contributed by atoms with Crippen LogP contribution < -0.4 is 32.7 Å². The fourth-order valence-electron chi connectivity index (χ4n) is 7.19. The molecule has 0 aliphatic carbocycles. The summed E-state index contributed by atoms with van der Waals surface area (Å²) in [6, 6.07) is -9.71. The lowest BCUT2D eigenvalue weighted by atomic mass is 9.96. The van der Waals surface area contributed by atoms with E-state index in [1.54, 1.807) is 0 Å². The van der Waals surface area contributed by atoms with Gasteiger partial charge in [0.05, 0.1) is 41.8 Å². The fraction of sp³-hybridized carbons (Fsp3) is 0.639. The van der Waals surface area contributed by atoms with Gasteiger partial charge in [-0.25, -0.2) is 0 Å². The number of phenols is 1. The minimum absolute atomic E-state index is 0.291. The van der Waals surface area contributed by atoms with E-state index in [1.165, 1.54) is 0 Å². The van der Waals surface area contributed by atoms with Crippen molar-refractivity contribution in [2.75, 3.05) is 13.1 Å². The molecule has 3 fully saturated rings. The smallest absolute Gasteiger partial charge is 0.324 e. The van der Waals surface area contributed by atoms with Crippen LogP contribution in [0.4, 0.5) is 0 Å². The van der Waals surface area contributed by atoms with Gasteiger partial charge in [-0.3, -0.25) is 38.1 Å². The molecule has 3 aliphatic rings. The number of nitrogens with zero attached hydrogens (tertiary/aromatic N) is 2. The van der Waals surface area contributed by atoms with Crippen molar-refractivity contribution in [1.29, 1.82) is 0 Å². The van der Waals surface area contributed by atoms with Crippen molar-refractivity contribution in [1.82, 2.24) is 31.1 Å². The van der Waals surface area contributed by atoms with Crippen LogP contribution in [0.3, 0.4) is 0 Å². The Kier molecular flexibility index (Phi) is 19.4. The van der Waals surface area contributed by atoms with Crippen LogP contribution >= 0.6 is 10.8 Å². The Labute approximate surface area is 374 Å². The van der Waals surface area contributed by atoms with E-state index in [4.69, 9.17) is 11.5 Å². The molecule has 366 valence electrons. The monoisotopic (exact) mass is 968 g/mol. The number of nitrogens with one attached hydrogen (secondary N) is 4. The molecule has 0 saturated carbocycles. The molecule has 65 heavy (non-hydrogen) atoms. The van der Waals surface area contributed by atoms with E-state index < -0.39 is 184 Å². The van der Waals surface area contributed by atoms with Gasteiger partial charge < -0.3 is 88.5 Å². The van der Waals surface area contributed by atoms with Gasteiger partial charge in [0.25, 0.3) is 0 Å². The van der Waals surface area contributed by atoms with Crippen molar-refractivity contribution in [3.8, 4) is 5.75 Å². The van der Waals surface area contributed by atoms with Crippen molar-refractivity contribution in [3.05, 3.63) is 23.8 Å². The van der Waals surface area contributed by atoms with Gasteiger partial charge in [0.1, 0.15) is 54.3 Å². The van der Waals surface area contributed by atoms with Crippen LogP contribution in [-0.4, -0.2) is 202 Å². The summed E-state index contributed by atoms with van der Waals surface area (Å²) in [4.78, 5) is 95.6. The molecule has 14 unspecified atom stereocenters. The minimum atomic E-state index is -4.88. The number of carbonyl (C=O) groups is 7. The van der Waals surface area contributed by atoms with Gasteiger partial charge in [0.15, 0.2) is 6.23 Å². The highest BCUT2D eigenvalue weighted by molar-refractivity contribution is 8.70. The molecule has 27 nitrogen and oxygen atoms in total. The van der Waals surface area contributed by atoms with Crippen LogP contribution in [0.1, 0.15) is 58.1 Å². The van der Waals surface area contributed by atoms with E-state index in [-0.39, 0.29) is 17.2 Å². The van der Waals surface area contributed by atoms with Crippen molar-refractivity contribution in [2.45, 2.75) is 137 Å². The lowest BCUT2D eigenvalue weighted by molar-refractivity contribution is -0.149. The molecule has 18 N–H and O–H groups in total. The topological polar surface area (TPSA) is 463 Å². The molecule has 0 bridgehead atoms. The normalized spacial score (nSPS) is 30.7.